The summed E-state index contributed by atoms with van der Waals surface area (Å²) in [5, 5.41) is 11.9. The Kier molecular flexibility index (Phi) is 6.16. The average molecular weight is 284 g/mol. The van der Waals surface area contributed by atoms with Crippen molar-refractivity contribution >= 4 is 11.9 Å². The first-order chi connectivity index (χ1) is 9.38. The van der Waals surface area contributed by atoms with E-state index >= 15 is 0 Å². The zero-order valence-corrected chi connectivity index (χ0v) is 12.3. The van der Waals surface area contributed by atoms with Gasteiger partial charge in [-0.15, -0.1) is 0 Å². The molecule has 4 N–H and O–H groups in total. The fraction of sp³-hybridized carbons (Fsp3) is 0.714. The second kappa shape index (κ2) is 7.40. The molecule has 6 heteroatoms. The maximum Gasteiger partial charge on any atom is 0.331 e. The van der Waals surface area contributed by atoms with Gasteiger partial charge in [-0.1, -0.05) is 13.8 Å². The number of ether oxygens (including phenoxy) is 1. The molecule has 0 heterocycles. The lowest BCUT2D eigenvalue weighted by Crippen LogP contribution is -2.56. The van der Waals surface area contributed by atoms with Crippen LogP contribution in [0.2, 0.25) is 0 Å². The maximum absolute atomic E-state index is 11.2. The van der Waals surface area contributed by atoms with Crippen molar-refractivity contribution in [1.29, 1.82) is 0 Å². The molecule has 0 saturated heterocycles. The van der Waals surface area contributed by atoms with Crippen LogP contribution in [0.4, 0.5) is 0 Å². The third kappa shape index (κ3) is 4.31. The highest BCUT2D eigenvalue weighted by Crippen LogP contribution is 2.23. The first-order valence-electron chi connectivity index (χ1n) is 7.01. The Labute approximate surface area is 119 Å². The molecule has 0 radical (unpaired) electrons. The van der Waals surface area contributed by atoms with Crippen molar-refractivity contribution in [3.05, 3.63) is 11.6 Å². The fourth-order valence-corrected chi connectivity index (χ4v) is 2.38. The number of nitrogens with two attached hydrogens (primary N) is 1. The summed E-state index contributed by atoms with van der Waals surface area (Å²) < 4.78 is 5.88. The van der Waals surface area contributed by atoms with Crippen molar-refractivity contribution in [1.82, 2.24) is 5.32 Å². The zero-order valence-electron chi connectivity index (χ0n) is 12.3. The summed E-state index contributed by atoms with van der Waals surface area (Å²) in [5.41, 5.74) is 6.35. The number of aliphatic carboxylic acids is 1. The smallest absolute Gasteiger partial charge is 0.331 e. The summed E-state index contributed by atoms with van der Waals surface area (Å²) in [6, 6.07) is -0.856. The molecular formula is C14H24N2O4. The highest BCUT2D eigenvalue weighted by Gasteiger charge is 2.34. The van der Waals surface area contributed by atoms with Gasteiger partial charge in [-0.3, -0.25) is 4.79 Å². The van der Waals surface area contributed by atoms with E-state index in [2.05, 4.69) is 5.32 Å². The van der Waals surface area contributed by atoms with Gasteiger partial charge < -0.3 is 20.9 Å². The van der Waals surface area contributed by atoms with Crippen LogP contribution in [0.1, 0.15) is 40.0 Å². The fourth-order valence-electron chi connectivity index (χ4n) is 2.38. The second-order valence-electron chi connectivity index (χ2n) is 5.12. The van der Waals surface area contributed by atoms with Crippen LogP contribution >= 0.6 is 0 Å². The average Bonchev–Trinajstić information content (AvgIpc) is 2.38. The predicted octanol–water partition coefficient (Wildman–Crippen LogP) is 0.807. The van der Waals surface area contributed by atoms with Crippen molar-refractivity contribution in [2.75, 3.05) is 0 Å². The molecule has 0 aliphatic heterocycles. The molecule has 0 saturated carbocycles. The quantitative estimate of drug-likeness (QED) is 0.670. The Morgan fingerprint density at radius 1 is 1.50 bits per heavy atom. The molecule has 0 spiro atoms. The van der Waals surface area contributed by atoms with Gasteiger partial charge >= 0.3 is 5.97 Å². The largest absolute Gasteiger partial charge is 0.478 e. The van der Waals surface area contributed by atoms with E-state index in [0.717, 1.165) is 12.8 Å². The summed E-state index contributed by atoms with van der Waals surface area (Å²) in [6.07, 6.45) is 3.01. The van der Waals surface area contributed by atoms with Crippen molar-refractivity contribution in [3.8, 4) is 0 Å². The monoisotopic (exact) mass is 284 g/mol. The number of carbonyl (C=O) groups is 2. The minimum atomic E-state index is -0.995. The van der Waals surface area contributed by atoms with Gasteiger partial charge in [0.25, 0.3) is 0 Å². The van der Waals surface area contributed by atoms with E-state index in [1.807, 2.05) is 13.8 Å². The van der Waals surface area contributed by atoms with E-state index in [1.54, 1.807) is 6.08 Å². The van der Waals surface area contributed by atoms with Gasteiger partial charge in [0.1, 0.15) is 0 Å². The first kappa shape index (κ1) is 16.7. The van der Waals surface area contributed by atoms with E-state index in [-0.39, 0.29) is 24.0 Å². The number of hydrogen-bond donors (Lipinski definition) is 3. The maximum atomic E-state index is 11.2. The molecule has 114 valence electrons. The summed E-state index contributed by atoms with van der Waals surface area (Å²) in [4.78, 5) is 22.4. The van der Waals surface area contributed by atoms with E-state index in [1.165, 1.54) is 6.92 Å². The summed E-state index contributed by atoms with van der Waals surface area (Å²) >= 11 is 0. The lowest BCUT2D eigenvalue weighted by molar-refractivity contribution is -0.133. The van der Waals surface area contributed by atoms with Crippen LogP contribution in [-0.2, 0) is 14.3 Å². The summed E-state index contributed by atoms with van der Waals surface area (Å²) in [5.74, 6) is -1.22. The topological polar surface area (TPSA) is 102 Å². The molecule has 3 atom stereocenters. The predicted molar refractivity (Wildman–Crippen MR) is 75.2 cm³/mol. The number of nitrogens with one attached hydrogen (secondary N) is 1. The number of carboxylic acids is 1. The molecule has 1 aliphatic rings. The number of carboxylic acid groups (broad SMARTS) is 1. The lowest BCUT2D eigenvalue weighted by atomic mass is 9.88. The Morgan fingerprint density at radius 2 is 2.10 bits per heavy atom. The van der Waals surface area contributed by atoms with Crippen LogP contribution < -0.4 is 11.1 Å². The van der Waals surface area contributed by atoms with Gasteiger partial charge in [0.2, 0.25) is 5.91 Å². The van der Waals surface area contributed by atoms with E-state index in [9.17, 15) is 9.59 Å². The van der Waals surface area contributed by atoms with Gasteiger partial charge in [0.15, 0.2) is 0 Å². The van der Waals surface area contributed by atoms with E-state index in [0.29, 0.717) is 0 Å². The number of hydrogen-bond acceptors (Lipinski definition) is 4. The van der Waals surface area contributed by atoms with E-state index < -0.39 is 24.2 Å². The third-order valence-corrected chi connectivity index (χ3v) is 3.57. The second-order valence-corrected chi connectivity index (χ2v) is 5.12. The van der Waals surface area contributed by atoms with Crippen LogP contribution in [0.15, 0.2) is 11.6 Å². The standard InChI is InChI=1S/C14H24N2O4/c1-4-10(5-2)20-12-7-9(14(18)19)6-11(13(12)15)16-8(3)17/h7,10-13H,4-6,15H2,1-3H3,(H,16,17)(H,18,19)/t11-,12+,13+/m0/s1. The van der Waals surface area contributed by atoms with Crippen molar-refractivity contribution in [3.63, 3.8) is 0 Å². The van der Waals surface area contributed by atoms with Gasteiger partial charge in [0.05, 0.1) is 24.3 Å². The number of carbonyl (C=O) groups excluding carboxylic acids is 1. The molecular weight excluding hydrogens is 260 g/mol. The lowest BCUT2D eigenvalue weighted by Gasteiger charge is -2.35. The molecule has 0 aromatic carbocycles. The normalized spacial score (nSPS) is 26.2. The van der Waals surface area contributed by atoms with Crippen LogP contribution in [0, 0.1) is 0 Å². The molecule has 0 unspecified atom stereocenters. The van der Waals surface area contributed by atoms with Crippen LogP contribution in [-0.4, -0.2) is 41.3 Å². The number of amides is 1. The summed E-state index contributed by atoms with van der Waals surface area (Å²) in [6.45, 7) is 5.41. The Morgan fingerprint density at radius 3 is 2.55 bits per heavy atom. The molecule has 1 rings (SSSR count). The molecule has 0 fully saturated rings. The minimum absolute atomic E-state index is 0.0356. The zero-order chi connectivity index (χ0) is 15.3. The van der Waals surface area contributed by atoms with Gasteiger partial charge in [-0.05, 0) is 18.9 Å². The third-order valence-electron chi connectivity index (χ3n) is 3.57. The molecule has 6 nitrogen and oxygen atoms in total. The van der Waals surface area contributed by atoms with Crippen molar-refractivity contribution in [2.24, 2.45) is 5.73 Å². The first-order valence-corrected chi connectivity index (χ1v) is 7.01. The Hall–Kier alpha value is -1.40. The van der Waals surface area contributed by atoms with Crippen LogP contribution in [0.5, 0.6) is 0 Å². The van der Waals surface area contributed by atoms with Gasteiger partial charge in [-0.25, -0.2) is 4.79 Å². The van der Waals surface area contributed by atoms with Crippen molar-refractivity contribution in [2.45, 2.75) is 64.3 Å². The molecule has 1 aliphatic carbocycles. The Balaban J connectivity index is 2.90. The molecule has 0 aromatic heterocycles. The minimum Gasteiger partial charge on any atom is -0.478 e. The SMILES string of the molecule is CCC(CC)O[C@@H]1C=C(C(=O)O)C[C@H](NC(C)=O)[C@H]1N. The number of rotatable bonds is 6. The summed E-state index contributed by atoms with van der Waals surface area (Å²) in [7, 11) is 0. The molecule has 0 aromatic rings. The van der Waals surface area contributed by atoms with E-state index in [4.69, 9.17) is 15.6 Å². The van der Waals surface area contributed by atoms with Crippen LogP contribution in [0.25, 0.3) is 0 Å². The van der Waals surface area contributed by atoms with Crippen molar-refractivity contribution < 1.29 is 19.4 Å². The molecule has 20 heavy (non-hydrogen) atoms. The Bertz CT molecular complexity index is 391. The molecule has 1 amide bonds. The van der Waals surface area contributed by atoms with Gasteiger partial charge in [0, 0.05) is 18.9 Å². The highest BCUT2D eigenvalue weighted by molar-refractivity contribution is 5.87. The van der Waals surface area contributed by atoms with Gasteiger partial charge in [-0.2, -0.15) is 0 Å². The van der Waals surface area contributed by atoms with Crippen LogP contribution in [0.3, 0.4) is 0 Å². The highest BCUT2D eigenvalue weighted by atomic mass is 16.5. The molecule has 0 bridgehead atoms.